The summed E-state index contributed by atoms with van der Waals surface area (Å²) in [6, 6.07) is 5.07. The number of amides is 1. The first-order valence-electron chi connectivity index (χ1n) is 8.49. The van der Waals surface area contributed by atoms with Crippen molar-refractivity contribution in [1.29, 1.82) is 0 Å². The minimum Gasteiger partial charge on any atom is -0.495 e. The van der Waals surface area contributed by atoms with Gasteiger partial charge >= 0.3 is 0 Å². The molecular weight excluding hydrogens is 364 g/mol. The van der Waals surface area contributed by atoms with Gasteiger partial charge in [-0.3, -0.25) is 4.79 Å². The Morgan fingerprint density at radius 3 is 2.60 bits per heavy atom. The van der Waals surface area contributed by atoms with E-state index in [4.69, 9.17) is 16.3 Å². The number of halogens is 1. The van der Waals surface area contributed by atoms with Crippen LogP contribution in [0.15, 0.2) is 18.2 Å². The average molecular weight is 389 g/mol. The zero-order valence-electron chi connectivity index (χ0n) is 14.6. The third-order valence-electron chi connectivity index (χ3n) is 4.39. The predicted molar refractivity (Wildman–Crippen MR) is 99.6 cm³/mol. The smallest absolute Gasteiger partial charge is 0.227 e. The van der Waals surface area contributed by atoms with Crippen LogP contribution in [-0.2, 0) is 14.8 Å². The van der Waals surface area contributed by atoms with Crippen LogP contribution in [0.1, 0.15) is 32.6 Å². The standard InChI is InChI=1S/C17H25ClN2O4S/c1-3-4-11-25(22,23)20-9-7-13(8-10-20)17(21)19-14-5-6-16(24-2)15(18)12-14/h5-6,12-13H,3-4,7-11H2,1-2H3,(H,19,21). The molecule has 1 fully saturated rings. The number of benzene rings is 1. The number of carbonyl (C=O) groups is 1. The maximum absolute atomic E-state index is 12.4. The van der Waals surface area contributed by atoms with Crippen molar-refractivity contribution >= 4 is 33.2 Å². The molecule has 8 heteroatoms. The van der Waals surface area contributed by atoms with E-state index in [1.807, 2.05) is 6.92 Å². The molecular formula is C17H25ClN2O4S. The number of sulfonamides is 1. The fourth-order valence-corrected chi connectivity index (χ4v) is 4.78. The minimum absolute atomic E-state index is 0.105. The third kappa shape index (κ3) is 5.33. The Bertz CT molecular complexity index is 701. The van der Waals surface area contributed by atoms with E-state index in [1.54, 1.807) is 18.2 Å². The molecule has 0 aliphatic carbocycles. The highest BCUT2D eigenvalue weighted by atomic mass is 35.5. The van der Waals surface area contributed by atoms with Crippen molar-refractivity contribution in [3.05, 3.63) is 23.2 Å². The molecule has 0 aromatic heterocycles. The molecule has 25 heavy (non-hydrogen) atoms. The highest BCUT2D eigenvalue weighted by Crippen LogP contribution is 2.28. The summed E-state index contributed by atoms with van der Waals surface area (Å²) >= 11 is 6.06. The van der Waals surface area contributed by atoms with E-state index in [1.165, 1.54) is 11.4 Å². The molecule has 1 aromatic rings. The summed E-state index contributed by atoms with van der Waals surface area (Å²) in [4.78, 5) is 12.4. The summed E-state index contributed by atoms with van der Waals surface area (Å²) < 4.78 is 31.0. The normalized spacial score (nSPS) is 16.6. The lowest BCUT2D eigenvalue weighted by Gasteiger charge is -2.30. The molecule has 6 nitrogen and oxygen atoms in total. The van der Waals surface area contributed by atoms with Gasteiger partial charge in [0.1, 0.15) is 5.75 Å². The number of hydrogen-bond donors (Lipinski definition) is 1. The molecule has 1 aromatic carbocycles. The van der Waals surface area contributed by atoms with Gasteiger partial charge in [0.2, 0.25) is 15.9 Å². The largest absolute Gasteiger partial charge is 0.495 e. The molecule has 140 valence electrons. The number of carbonyl (C=O) groups excluding carboxylic acids is 1. The van der Waals surface area contributed by atoms with E-state index in [-0.39, 0.29) is 17.6 Å². The molecule has 2 rings (SSSR count). The van der Waals surface area contributed by atoms with Gasteiger partial charge < -0.3 is 10.1 Å². The number of methoxy groups -OCH3 is 1. The molecule has 0 spiro atoms. The molecule has 1 N–H and O–H groups in total. The van der Waals surface area contributed by atoms with Gasteiger partial charge in [-0.25, -0.2) is 12.7 Å². The van der Waals surface area contributed by atoms with Crippen LogP contribution in [0.2, 0.25) is 5.02 Å². The Morgan fingerprint density at radius 2 is 2.04 bits per heavy atom. The number of rotatable bonds is 7. The van der Waals surface area contributed by atoms with Crippen molar-refractivity contribution in [3.8, 4) is 5.75 Å². The molecule has 0 unspecified atom stereocenters. The van der Waals surface area contributed by atoms with Crippen molar-refractivity contribution in [1.82, 2.24) is 4.31 Å². The quantitative estimate of drug-likeness (QED) is 0.778. The van der Waals surface area contributed by atoms with Gasteiger partial charge in [0.15, 0.2) is 0 Å². The molecule has 0 bridgehead atoms. The van der Waals surface area contributed by atoms with Crippen LogP contribution < -0.4 is 10.1 Å². The number of ether oxygens (including phenoxy) is 1. The lowest BCUT2D eigenvalue weighted by atomic mass is 9.97. The van der Waals surface area contributed by atoms with Crippen LogP contribution in [0.3, 0.4) is 0 Å². The van der Waals surface area contributed by atoms with E-state index in [9.17, 15) is 13.2 Å². The summed E-state index contributed by atoms with van der Waals surface area (Å²) in [6.45, 7) is 2.76. The number of nitrogens with one attached hydrogen (secondary N) is 1. The zero-order chi connectivity index (χ0) is 18.4. The molecule has 0 saturated carbocycles. The van der Waals surface area contributed by atoms with E-state index < -0.39 is 10.0 Å². The van der Waals surface area contributed by atoms with Crippen LogP contribution in [0.25, 0.3) is 0 Å². The van der Waals surface area contributed by atoms with Crippen molar-refractivity contribution in [2.75, 3.05) is 31.3 Å². The number of hydrogen-bond acceptors (Lipinski definition) is 4. The second-order valence-corrected chi connectivity index (χ2v) is 8.68. The third-order valence-corrected chi connectivity index (χ3v) is 6.65. The SMILES string of the molecule is CCCCS(=O)(=O)N1CCC(C(=O)Nc2ccc(OC)c(Cl)c2)CC1. The number of piperidine rings is 1. The van der Waals surface area contributed by atoms with Gasteiger partial charge in [-0.2, -0.15) is 0 Å². The van der Waals surface area contributed by atoms with Crippen LogP contribution >= 0.6 is 11.6 Å². The van der Waals surface area contributed by atoms with Gasteiger partial charge in [0.25, 0.3) is 0 Å². The first kappa shape index (κ1) is 20.0. The topological polar surface area (TPSA) is 75.7 Å². The number of anilines is 1. The van der Waals surface area contributed by atoms with Gasteiger partial charge in [0, 0.05) is 24.7 Å². The first-order valence-corrected chi connectivity index (χ1v) is 10.5. The average Bonchev–Trinajstić information content (AvgIpc) is 2.60. The van der Waals surface area contributed by atoms with Gasteiger partial charge in [-0.05, 0) is 37.5 Å². The highest BCUT2D eigenvalue weighted by Gasteiger charge is 2.30. The van der Waals surface area contributed by atoms with Gasteiger partial charge in [-0.1, -0.05) is 24.9 Å². The number of unbranched alkanes of at least 4 members (excludes halogenated alkanes) is 1. The van der Waals surface area contributed by atoms with Crippen molar-refractivity contribution in [2.45, 2.75) is 32.6 Å². The number of nitrogens with zero attached hydrogens (tertiary/aromatic N) is 1. The van der Waals surface area contributed by atoms with E-state index >= 15 is 0 Å². The molecule has 1 amide bonds. The summed E-state index contributed by atoms with van der Waals surface area (Å²) in [5, 5.41) is 3.27. The second-order valence-electron chi connectivity index (χ2n) is 6.18. The summed E-state index contributed by atoms with van der Waals surface area (Å²) in [5.41, 5.74) is 0.605. The monoisotopic (exact) mass is 388 g/mol. The maximum atomic E-state index is 12.4. The molecule has 1 aliphatic rings. The molecule has 1 aliphatic heterocycles. The maximum Gasteiger partial charge on any atom is 0.227 e. The lowest BCUT2D eigenvalue weighted by Crippen LogP contribution is -2.42. The zero-order valence-corrected chi connectivity index (χ0v) is 16.2. The molecule has 1 saturated heterocycles. The predicted octanol–water partition coefficient (Wildman–Crippen LogP) is 3.13. The van der Waals surface area contributed by atoms with Crippen molar-refractivity contribution in [2.24, 2.45) is 5.92 Å². The molecule has 0 radical (unpaired) electrons. The molecule has 1 heterocycles. The Labute approximate surface area is 154 Å². The summed E-state index contributed by atoms with van der Waals surface area (Å²) in [6.07, 6.45) is 2.58. The molecule has 0 atom stereocenters. The van der Waals surface area contributed by atoms with E-state index in [0.717, 1.165) is 6.42 Å². The van der Waals surface area contributed by atoms with Crippen LogP contribution in [-0.4, -0.2) is 44.6 Å². The summed E-state index contributed by atoms with van der Waals surface area (Å²) in [7, 11) is -1.67. The Kier molecular flexibility index (Phi) is 7.10. The van der Waals surface area contributed by atoms with Crippen molar-refractivity contribution < 1.29 is 17.9 Å². The Hall–Kier alpha value is -1.31. The van der Waals surface area contributed by atoms with E-state index in [0.29, 0.717) is 48.8 Å². The first-order chi connectivity index (χ1) is 11.9. The van der Waals surface area contributed by atoms with Crippen LogP contribution in [0.4, 0.5) is 5.69 Å². The van der Waals surface area contributed by atoms with Crippen LogP contribution in [0.5, 0.6) is 5.75 Å². The van der Waals surface area contributed by atoms with Gasteiger partial charge in [0.05, 0.1) is 17.9 Å². The Morgan fingerprint density at radius 1 is 1.36 bits per heavy atom. The highest BCUT2D eigenvalue weighted by molar-refractivity contribution is 7.89. The minimum atomic E-state index is -3.20. The lowest BCUT2D eigenvalue weighted by molar-refractivity contribution is -0.120. The van der Waals surface area contributed by atoms with Gasteiger partial charge in [-0.15, -0.1) is 0 Å². The van der Waals surface area contributed by atoms with Crippen LogP contribution in [0, 0.1) is 5.92 Å². The van der Waals surface area contributed by atoms with Crippen molar-refractivity contribution in [3.63, 3.8) is 0 Å². The fraction of sp³-hybridized carbons (Fsp3) is 0.588. The second kappa shape index (κ2) is 8.87. The Balaban J connectivity index is 1.90. The van der Waals surface area contributed by atoms with E-state index in [2.05, 4.69) is 5.32 Å². The summed E-state index contributed by atoms with van der Waals surface area (Å²) in [5.74, 6) is 0.431. The fourth-order valence-electron chi connectivity index (χ4n) is 2.84.